The Morgan fingerprint density at radius 1 is 1.05 bits per heavy atom. The number of aromatic nitrogens is 1. The first-order valence-electron chi connectivity index (χ1n) is 11.4. The summed E-state index contributed by atoms with van der Waals surface area (Å²) < 4.78 is 63.0. The molecule has 0 aliphatic carbocycles. The van der Waals surface area contributed by atoms with Crippen molar-refractivity contribution < 1.29 is 35.6 Å². The number of oxazole rings is 1. The van der Waals surface area contributed by atoms with Crippen LogP contribution >= 0.6 is 0 Å². The monoisotopic (exact) mass is 551 g/mol. The van der Waals surface area contributed by atoms with Crippen molar-refractivity contribution >= 4 is 42.7 Å². The van der Waals surface area contributed by atoms with Crippen molar-refractivity contribution in [3.8, 4) is 5.75 Å². The molecule has 2 atom stereocenters. The fourth-order valence-corrected chi connectivity index (χ4v) is 6.68. The van der Waals surface area contributed by atoms with Crippen LogP contribution in [0.25, 0.3) is 11.1 Å². The Morgan fingerprint density at radius 3 is 2.38 bits per heavy atom. The van der Waals surface area contributed by atoms with Crippen LogP contribution in [0.3, 0.4) is 0 Å². The molecule has 0 spiro atoms. The molecule has 11 nitrogen and oxygen atoms in total. The molecule has 0 saturated heterocycles. The summed E-state index contributed by atoms with van der Waals surface area (Å²) in [4.78, 5) is 30.1. The molecule has 1 aromatic heterocycles. The average Bonchev–Trinajstić information content (AvgIpc) is 3.26. The first-order valence-corrected chi connectivity index (χ1v) is 15.0. The van der Waals surface area contributed by atoms with Gasteiger partial charge in [-0.3, -0.25) is 9.59 Å². The normalized spacial score (nSPS) is 13.7. The van der Waals surface area contributed by atoms with E-state index in [1.165, 1.54) is 13.2 Å². The van der Waals surface area contributed by atoms with Crippen LogP contribution in [0.4, 0.5) is 0 Å². The lowest BCUT2D eigenvalue weighted by atomic mass is 10.1. The zero-order chi connectivity index (χ0) is 27.2. The summed E-state index contributed by atoms with van der Waals surface area (Å²) in [5.74, 6) is -1.85. The van der Waals surface area contributed by atoms with E-state index in [0.717, 1.165) is 6.26 Å². The fraction of sp³-hybridized carbons (Fsp3) is 0.375. The Labute approximate surface area is 215 Å². The molecule has 1 heterocycles. The number of nitrogens with one attached hydrogen (secondary N) is 2. The number of ketones is 1. The zero-order valence-electron chi connectivity index (χ0n) is 20.6. The van der Waals surface area contributed by atoms with E-state index in [1.807, 2.05) is 11.6 Å². The highest BCUT2D eigenvalue weighted by Gasteiger charge is 2.33. The van der Waals surface area contributed by atoms with Gasteiger partial charge in [-0.25, -0.2) is 21.8 Å². The summed E-state index contributed by atoms with van der Waals surface area (Å²) in [5.41, 5.74) is 1.19. The number of carbonyl (C=O) groups excluding carboxylic acids is 2. The first kappa shape index (κ1) is 28.3. The molecule has 0 fully saturated rings. The Morgan fingerprint density at radius 2 is 1.73 bits per heavy atom. The number of benzene rings is 2. The van der Waals surface area contributed by atoms with E-state index in [2.05, 4.69) is 10.3 Å². The second-order valence-corrected chi connectivity index (χ2v) is 12.4. The maximum Gasteiger partial charge on any atom is 0.266 e. The van der Waals surface area contributed by atoms with Crippen LogP contribution in [-0.2, 0) is 30.4 Å². The number of para-hydroxylation sites is 3. The third-order valence-electron chi connectivity index (χ3n) is 5.43. The van der Waals surface area contributed by atoms with Crippen molar-refractivity contribution in [1.82, 2.24) is 15.0 Å². The molecule has 1 amide bonds. The highest BCUT2D eigenvalue weighted by molar-refractivity contribution is 7.93. The van der Waals surface area contributed by atoms with Gasteiger partial charge in [0.15, 0.2) is 15.4 Å². The molecule has 1 unspecified atom stereocenters. The van der Waals surface area contributed by atoms with Crippen molar-refractivity contribution in [2.75, 3.05) is 13.4 Å². The molecule has 3 rings (SSSR count). The fourth-order valence-electron chi connectivity index (χ4n) is 3.73. The second kappa shape index (κ2) is 11.8. The van der Waals surface area contributed by atoms with Gasteiger partial charge in [0.25, 0.3) is 5.89 Å². The van der Waals surface area contributed by atoms with Gasteiger partial charge in [-0.2, -0.15) is 4.72 Å². The van der Waals surface area contributed by atoms with E-state index in [1.54, 1.807) is 42.5 Å². The quantitative estimate of drug-likeness (QED) is 0.303. The molecular weight excluding hydrogens is 522 g/mol. The van der Waals surface area contributed by atoms with Gasteiger partial charge in [0.2, 0.25) is 21.7 Å². The van der Waals surface area contributed by atoms with E-state index in [-0.39, 0.29) is 12.3 Å². The van der Waals surface area contributed by atoms with E-state index >= 15 is 0 Å². The molecule has 0 radical (unpaired) electrons. The molecule has 200 valence electrons. The lowest BCUT2D eigenvalue weighted by molar-refractivity contribution is -0.121. The number of ether oxygens (including phenoxy) is 1. The number of sulfone groups is 1. The van der Waals surface area contributed by atoms with Gasteiger partial charge >= 0.3 is 0 Å². The minimum Gasteiger partial charge on any atom is -0.496 e. The number of hydrogen-bond donors (Lipinski definition) is 2. The Bertz CT molecular complexity index is 1450. The SMILES string of the molecule is CCC[C@H](NC(=O)CC(NS(C)(=O)=O)S(=O)(=O)Cc1ccccc1OC)C(=O)c1nc2ccccc2o1. The number of nitrogens with zero attached hydrogens (tertiary/aromatic N) is 1. The molecule has 0 saturated carbocycles. The molecule has 37 heavy (non-hydrogen) atoms. The molecular formula is C24H29N3O8S2. The summed E-state index contributed by atoms with van der Waals surface area (Å²) >= 11 is 0. The topological polar surface area (TPSA) is 162 Å². The van der Waals surface area contributed by atoms with Crippen molar-refractivity contribution in [2.45, 2.75) is 43.4 Å². The van der Waals surface area contributed by atoms with Gasteiger partial charge in [-0.1, -0.05) is 43.7 Å². The molecule has 2 N–H and O–H groups in total. The highest BCUT2D eigenvalue weighted by atomic mass is 32.2. The van der Waals surface area contributed by atoms with Crippen LogP contribution in [0.15, 0.2) is 52.9 Å². The average molecular weight is 552 g/mol. The molecule has 0 bridgehead atoms. The maximum atomic E-state index is 13.2. The van der Waals surface area contributed by atoms with Gasteiger partial charge in [0.05, 0.1) is 31.6 Å². The summed E-state index contributed by atoms with van der Waals surface area (Å²) in [6, 6.07) is 12.1. The first-order chi connectivity index (χ1) is 17.4. The lowest BCUT2D eigenvalue weighted by Crippen LogP contribution is -2.47. The largest absolute Gasteiger partial charge is 0.496 e. The standard InChI is InChI=1S/C24H29N3O8S2/c1-4-9-18(23(29)24-26-17-11-6-8-13-20(17)35-24)25-21(28)14-22(27-36(3,30)31)37(32,33)15-16-10-5-7-12-19(16)34-2/h5-8,10-13,18,22,27H,4,9,14-15H2,1-3H3,(H,25,28)/t18-,22?/m0/s1. The summed E-state index contributed by atoms with van der Waals surface area (Å²) in [6.45, 7) is 1.81. The minimum absolute atomic E-state index is 0.186. The predicted octanol–water partition coefficient (Wildman–Crippen LogP) is 2.18. The maximum absolute atomic E-state index is 13.2. The predicted molar refractivity (Wildman–Crippen MR) is 137 cm³/mol. The number of hydrogen-bond acceptors (Lipinski definition) is 9. The van der Waals surface area contributed by atoms with Crippen LogP contribution in [0.5, 0.6) is 5.75 Å². The number of sulfonamides is 1. The minimum atomic E-state index is -4.22. The number of carbonyl (C=O) groups is 2. The smallest absolute Gasteiger partial charge is 0.266 e. The van der Waals surface area contributed by atoms with Gasteiger partial charge < -0.3 is 14.5 Å². The van der Waals surface area contributed by atoms with Crippen LogP contribution in [0, 0.1) is 0 Å². The zero-order valence-corrected chi connectivity index (χ0v) is 22.3. The highest BCUT2D eigenvalue weighted by Crippen LogP contribution is 2.23. The van der Waals surface area contributed by atoms with Crippen LogP contribution in [-0.4, -0.2) is 58.3 Å². The number of amides is 1. The van der Waals surface area contributed by atoms with Crippen molar-refractivity contribution in [1.29, 1.82) is 0 Å². The molecule has 13 heteroatoms. The van der Waals surface area contributed by atoms with E-state index in [4.69, 9.17) is 9.15 Å². The third kappa shape index (κ3) is 7.60. The van der Waals surface area contributed by atoms with Crippen molar-refractivity contribution in [3.05, 3.63) is 60.0 Å². The Balaban J connectivity index is 1.81. The summed E-state index contributed by atoms with van der Waals surface area (Å²) in [7, 11) is -6.84. The van der Waals surface area contributed by atoms with Gasteiger partial charge in [-0.05, 0) is 24.6 Å². The lowest BCUT2D eigenvalue weighted by Gasteiger charge is -2.21. The molecule has 3 aromatic rings. The van der Waals surface area contributed by atoms with Crippen LogP contribution < -0.4 is 14.8 Å². The van der Waals surface area contributed by atoms with Gasteiger partial charge in [-0.15, -0.1) is 0 Å². The Kier molecular flexibility index (Phi) is 9.05. The van der Waals surface area contributed by atoms with E-state index in [0.29, 0.717) is 28.8 Å². The second-order valence-electron chi connectivity index (χ2n) is 8.46. The van der Waals surface area contributed by atoms with E-state index in [9.17, 15) is 26.4 Å². The van der Waals surface area contributed by atoms with Crippen LogP contribution in [0.2, 0.25) is 0 Å². The third-order valence-corrected chi connectivity index (χ3v) is 8.16. The van der Waals surface area contributed by atoms with Crippen LogP contribution in [0.1, 0.15) is 42.4 Å². The van der Waals surface area contributed by atoms with Crippen molar-refractivity contribution in [2.24, 2.45) is 0 Å². The Hall–Kier alpha value is -3.29. The number of fused-ring (bicyclic) bond motifs is 1. The number of Topliss-reactive ketones (excluding diaryl/α,β-unsaturated/α-hetero) is 1. The number of methoxy groups -OCH3 is 1. The number of rotatable bonds is 13. The van der Waals surface area contributed by atoms with Gasteiger partial charge in [0.1, 0.15) is 16.6 Å². The molecule has 0 aliphatic rings. The van der Waals surface area contributed by atoms with E-state index < -0.39 is 55.1 Å². The summed E-state index contributed by atoms with van der Waals surface area (Å²) in [5, 5.41) is 0.754. The van der Waals surface area contributed by atoms with Crippen molar-refractivity contribution in [3.63, 3.8) is 0 Å². The molecule has 2 aromatic carbocycles. The summed E-state index contributed by atoms with van der Waals surface area (Å²) in [6.07, 6.45) is 0.814. The molecule has 0 aliphatic heterocycles. The van der Waals surface area contributed by atoms with Gasteiger partial charge in [0, 0.05) is 5.56 Å².